The summed E-state index contributed by atoms with van der Waals surface area (Å²) >= 11 is 3.04. The first-order valence-corrected chi connectivity index (χ1v) is 8.02. The van der Waals surface area contributed by atoms with Crippen LogP contribution in [0.1, 0.15) is 18.4 Å². The summed E-state index contributed by atoms with van der Waals surface area (Å²) in [6.45, 7) is 2.13. The number of benzene rings is 1. The Labute approximate surface area is 124 Å². The van der Waals surface area contributed by atoms with Gasteiger partial charge in [0.2, 0.25) is 11.7 Å². The summed E-state index contributed by atoms with van der Waals surface area (Å²) < 4.78 is 6.15. The molecule has 0 radical (unpaired) electrons. The second-order valence-electron chi connectivity index (χ2n) is 4.06. The van der Waals surface area contributed by atoms with Crippen LogP contribution in [0.4, 0.5) is 0 Å². The van der Waals surface area contributed by atoms with Crippen molar-refractivity contribution in [3.8, 4) is 11.4 Å². The van der Waals surface area contributed by atoms with Gasteiger partial charge >= 0.3 is 0 Å². The van der Waals surface area contributed by atoms with Crippen molar-refractivity contribution >= 4 is 23.1 Å². The Balaban J connectivity index is 1.69. The number of rotatable bonds is 5. The molecule has 0 aliphatic heterocycles. The summed E-state index contributed by atoms with van der Waals surface area (Å²) in [5.74, 6) is 1.83. The zero-order valence-electron chi connectivity index (χ0n) is 10.8. The van der Waals surface area contributed by atoms with Crippen molar-refractivity contribution in [2.24, 2.45) is 0 Å². The smallest absolute Gasteiger partial charge is 0.237 e. The van der Waals surface area contributed by atoms with E-state index in [-0.39, 0.29) is 0 Å². The zero-order chi connectivity index (χ0) is 13.8. The molecule has 0 unspecified atom stereocenters. The van der Waals surface area contributed by atoms with E-state index >= 15 is 0 Å². The molecule has 0 spiro atoms. The second kappa shape index (κ2) is 6.15. The van der Waals surface area contributed by atoms with Gasteiger partial charge in [0.05, 0.1) is 5.75 Å². The van der Waals surface area contributed by atoms with E-state index < -0.39 is 0 Å². The van der Waals surface area contributed by atoms with E-state index in [1.54, 1.807) is 17.3 Å². The Kier molecular flexibility index (Phi) is 4.08. The average molecular weight is 304 g/mol. The molecule has 0 atom stereocenters. The van der Waals surface area contributed by atoms with Crippen LogP contribution >= 0.6 is 23.1 Å². The number of hydrogen-bond acceptors (Lipinski definition) is 7. The molecular weight excluding hydrogens is 292 g/mol. The van der Waals surface area contributed by atoms with Crippen molar-refractivity contribution in [2.45, 2.75) is 23.4 Å². The van der Waals surface area contributed by atoms with Gasteiger partial charge in [0.15, 0.2) is 4.34 Å². The third-order valence-electron chi connectivity index (χ3n) is 2.75. The molecule has 0 aliphatic rings. The molecule has 0 aliphatic carbocycles. The van der Waals surface area contributed by atoms with Crippen molar-refractivity contribution in [3.63, 3.8) is 0 Å². The fourth-order valence-corrected chi connectivity index (χ4v) is 3.00. The van der Waals surface area contributed by atoms with Gasteiger partial charge in [-0.2, -0.15) is 4.98 Å². The van der Waals surface area contributed by atoms with Gasteiger partial charge in [-0.05, 0) is 12.0 Å². The van der Waals surface area contributed by atoms with Gasteiger partial charge < -0.3 is 4.52 Å². The number of nitrogens with zero attached hydrogens (tertiary/aromatic N) is 4. The van der Waals surface area contributed by atoms with Gasteiger partial charge in [0.1, 0.15) is 5.51 Å². The van der Waals surface area contributed by atoms with Crippen molar-refractivity contribution in [3.05, 3.63) is 41.2 Å². The Morgan fingerprint density at radius 3 is 2.80 bits per heavy atom. The van der Waals surface area contributed by atoms with Crippen LogP contribution in [0.5, 0.6) is 0 Å². The lowest BCUT2D eigenvalue weighted by atomic mass is 10.1. The number of thioether (sulfide) groups is 1. The molecular formula is C13H12N4OS2. The minimum absolute atomic E-state index is 0.597. The van der Waals surface area contributed by atoms with Crippen LogP contribution < -0.4 is 0 Å². The van der Waals surface area contributed by atoms with Gasteiger partial charge in [0, 0.05) is 5.56 Å². The lowest BCUT2D eigenvalue weighted by molar-refractivity contribution is 0.391. The van der Waals surface area contributed by atoms with Crippen molar-refractivity contribution in [1.82, 2.24) is 20.3 Å². The molecule has 0 bridgehead atoms. The summed E-state index contributed by atoms with van der Waals surface area (Å²) in [5, 5.41) is 11.8. The first-order valence-electron chi connectivity index (χ1n) is 6.16. The first-order chi connectivity index (χ1) is 9.85. The van der Waals surface area contributed by atoms with Crippen LogP contribution in [0, 0.1) is 0 Å². The molecule has 7 heteroatoms. The maximum atomic E-state index is 5.25. The SMILES string of the molecule is CCc1ccc(-c2noc(CSc3nncs3)n2)cc1. The highest BCUT2D eigenvalue weighted by atomic mass is 32.2. The quantitative estimate of drug-likeness (QED) is 0.673. The molecule has 0 amide bonds. The Bertz CT molecular complexity index is 664. The summed E-state index contributed by atoms with van der Waals surface area (Å²) in [5.41, 5.74) is 3.97. The zero-order valence-corrected chi connectivity index (χ0v) is 12.4. The monoisotopic (exact) mass is 304 g/mol. The molecule has 0 saturated heterocycles. The van der Waals surface area contributed by atoms with Crippen LogP contribution in [0.15, 0.2) is 38.6 Å². The van der Waals surface area contributed by atoms with Crippen LogP contribution in [0.3, 0.4) is 0 Å². The fraction of sp³-hybridized carbons (Fsp3) is 0.231. The van der Waals surface area contributed by atoms with E-state index in [2.05, 4.69) is 39.4 Å². The Morgan fingerprint density at radius 1 is 1.25 bits per heavy atom. The molecule has 0 N–H and O–H groups in total. The lowest BCUT2D eigenvalue weighted by Crippen LogP contribution is -1.84. The van der Waals surface area contributed by atoms with Crippen LogP contribution in [-0.2, 0) is 12.2 Å². The molecule has 3 aromatic rings. The van der Waals surface area contributed by atoms with Crippen molar-refractivity contribution < 1.29 is 4.52 Å². The predicted octanol–water partition coefficient (Wildman–Crippen LogP) is 3.44. The van der Waals surface area contributed by atoms with Crippen molar-refractivity contribution in [1.29, 1.82) is 0 Å². The molecule has 2 aromatic heterocycles. The lowest BCUT2D eigenvalue weighted by Gasteiger charge is -1.97. The van der Waals surface area contributed by atoms with E-state index in [0.717, 1.165) is 16.3 Å². The van der Waals surface area contributed by atoms with E-state index in [0.29, 0.717) is 17.5 Å². The molecule has 2 heterocycles. The Morgan fingerprint density at radius 2 is 2.10 bits per heavy atom. The molecule has 20 heavy (non-hydrogen) atoms. The second-order valence-corrected chi connectivity index (χ2v) is 6.11. The summed E-state index contributed by atoms with van der Waals surface area (Å²) in [6, 6.07) is 8.21. The van der Waals surface area contributed by atoms with Crippen LogP contribution in [-0.4, -0.2) is 20.3 Å². The third-order valence-corrected chi connectivity index (χ3v) is 4.59. The molecule has 5 nitrogen and oxygen atoms in total. The summed E-state index contributed by atoms with van der Waals surface area (Å²) in [7, 11) is 0. The molecule has 3 rings (SSSR count). The molecule has 0 fully saturated rings. The standard InChI is InChI=1S/C13H12N4OS2/c1-2-9-3-5-10(6-4-9)12-15-11(18-17-12)7-19-13-16-14-8-20-13/h3-6,8H,2,7H2,1H3. The number of hydrogen-bond donors (Lipinski definition) is 0. The third kappa shape index (κ3) is 3.05. The largest absolute Gasteiger partial charge is 0.338 e. The molecule has 102 valence electrons. The normalized spacial score (nSPS) is 10.8. The highest BCUT2D eigenvalue weighted by Gasteiger charge is 2.09. The van der Waals surface area contributed by atoms with E-state index in [4.69, 9.17) is 4.52 Å². The minimum Gasteiger partial charge on any atom is -0.338 e. The number of aryl methyl sites for hydroxylation is 1. The average Bonchev–Trinajstić information content (AvgIpc) is 3.17. The topological polar surface area (TPSA) is 64.7 Å². The predicted molar refractivity (Wildman–Crippen MR) is 78.6 cm³/mol. The first kappa shape index (κ1) is 13.3. The molecule has 1 aromatic carbocycles. The Hall–Kier alpha value is -1.73. The van der Waals surface area contributed by atoms with E-state index in [1.807, 2.05) is 12.1 Å². The van der Waals surface area contributed by atoms with Gasteiger partial charge in [-0.25, -0.2) is 0 Å². The maximum absolute atomic E-state index is 5.25. The van der Waals surface area contributed by atoms with Gasteiger partial charge in [-0.1, -0.05) is 59.4 Å². The highest BCUT2D eigenvalue weighted by Crippen LogP contribution is 2.24. The van der Waals surface area contributed by atoms with Gasteiger partial charge in [-0.3, -0.25) is 0 Å². The van der Waals surface area contributed by atoms with Gasteiger partial charge in [-0.15, -0.1) is 10.2 Å². The highest BCUT2D eigenvalue weighted by molar-refractivity contribution is 8.00. The van der Waals surface area contributed by atoms with E-state index in [1.165, 1.54) is 16.9 Å². The fourth-order valence-electron chi connectivity index (χ4n) is 1.67. The summed E-state index contributed by atoms with van der Waals surface area (Å²) in [4.78, 5) is 4.39. The maximum Gasteiger partial charge on any atom is 0.237 e. The van der Waals surface area contributed by atoms with Crippen molar-refractivity contribution in [2.75, 3.05) is 0 Å². The molecule has 0 saturated carbocycles. The van der Waals surface area contributed by atoms with Crippen LogP contribution in [0.2, 0.25) is 0 Å². The minimum atomic E-state index is 0.597. The van der Waals surface area contributed by atoms with Gasteiger partial charge in [0.25, 0.3) is 0 Å². The van der Waals surface area contributed by atoms with E-state index in [9.17, 15) is 0 Å². The van der Waals surface area contributed by atoms with Crippen LogP contribution in [0.25, 0.3) is 11.4 Å². The summed E-state index contributed by atoms with van der Waals surface area (Å²) in [6.07, 6.45) is 1.02. The number of aromatic nitrogens is 4.